The molecule has 0 aliphatic heterocycles. The van der Waals surface area contributed by atoms with Crippen molar-refractivity contribution in [1.29, 1.82) is 0 Å². The van der Waals surface area contributed by atoms with Crippen molar-refractivity contribution < 1.29 is 4.52 Å². The minimum atomic E-state index is -0.526. The zero-order valence-corrected chi connectivity index (χ0v) is 18.7. The first-order valence-electron chi connectivity index (χ1n) is 10.4. The quantitative estimate of drug-likeness (QED) is 0.568. The van der Waals surface area contributed by atoms with Crippen LogP contribution >= 0.6 is 0 Å². The van der Waals surface area contributed by atoms with Gasteiger partial charge in [0.05, 0.1) is 6.54 Å². The zero-order valence-electron chi connectivity index (χ0n) is 18.7. The van der Waals surface area contributed by atoms with Gasteiger partial charge >= 0.3 is 5.69 Å². The van der Waals surface area contributed by atoms with Gasteiger partial charge in [-0.05, 0) is 24.3 Å². The highest BCUT2D eigenvalue weighted by molar-refractivity contribution is 5.63. The summed E-state index contributed by atoms with van der Waals surface area (Å²) in [5.41, 5.74) is 7.44. The predicted octanol–water partition coefficient (Wildman–Crippen LogP) is 2.80. The van der Waals surface area contributed by atoms with E-state index in [2.05, 4.69) is 15.1 Å². The second-order valence-electron chi connectivity index (χ2n) is 8.60. The zero-order chi connectivity index (χ0) is 22.7. The van der Waals surface area contributed by atoms with Crippen molar-refractivity contribution in [3.05, 3.63) is 56.6 Å². The number of H-pyrrole nitrogens is 1. The number of hydrogen-bond acceptors (Lipinski definition) is 7. The molecule has 3 aromatic rings. The Balaban J connectivity index is 2.00. The van der Waals surface area contributed by atoms with Crippen LogP contribution in [-0.2, 0) is 13.1 Å². The average Bonchev–Trinajstić information content (AvgIpc) is 3.13. The van der Waals surface area contributed by atoms with Gasteiger partial charge in [0, 0.05) is 18.7 Å². The Labute approximate surface area is 180 Å². The van der Waals surface area contributed by atoms with Gasteiger partial charge in [-0.3, -0.25) is 14.3 Å². The summed E-state index contributed by atoms with van der Waals surface area (Å²) < 4.78 is 6.89. The molecule has 1 aromatic carbocycles. The van der Waals surface area contributed by atoms with E-state index >= 15 is 0 Å². The van der Waals surface area contributed by atoms with Crippen LogP contribution in [0.4, 0.5) is 11.5 Å². The topological polar surface area (TPSA) is 123 Å². The van der Waals surface area contributed by atoms with Crippen LogP contribution in [0, 0.1) is 18.8 Å². The standard InChI is InChI=1S/C22H30N6O3/c1-13(2)10-27(18-19(23)28(11-14(3)4)22(30)25-21(18)29)12-17-24-20(26-31-17)16-9-7-6-8-15(16)5/h6-9,13-14H,10-12,23H2,1-5H3,(H,25,29,30). The molecule has 0 aliphatic carbocycles. The maximum absolute atomic E-state index is 12.7. The van der Waals surface area contributed by atoms with E-state index in [0.717, 1.165) is 11.1 Å². The van der Waals surface area contributed by atoms with Crippen molar-refractivity contribution in [2.45, 2.75) is 47.7 Å². The Morgan fingerprint density at radius 1 is 1.16 bits per heavy atom. The van der Waals surface area contributed by atoms with Gasteiger partial charge in [-0.25, -0.2) is 4.79 Å². The predicted molar refractivity (Wildman–Crippen MR) is 121 cm³/mol. The molecule has 2 aromatic heterocycles. The van der Waals surface area contributed by atoms with Crippen molar-refractivity contribution >= 4 is 11.5 Å². The van der Waals surface area contributed by atoms with Crippen LogP contribution in [0.1, 0.15) is 39.1 Å². The fourth-order valence-electron chi connectivity index (χ4n) is 3.52. The first-order chi connectivity index (χ1) is 14.7. The van der Waals surface area contributed by atoms with Crippen LogP contribution in [0.5, 0.6) is 0 Å². The largest absolute Gasteiger partial charge is 0.383 e. The molecule has 0 saturated heterocycles. The van der Waals surface area contributed by atoms with Crippen molar-refractivity contribution in [2.75, 3.05) is 17.2 Å². The van der Waals surface area contributed by atoms with Gasteiger partial charge in [0.25, 0.3) is 5.56 Å². The maximum atomic E-state index is 12.7. The first kappa shape index (κ1) is 22.3. The van der Waals surface area contributed by atoms with E-state index in [1.807, 2.05) is 58.9 Å². The third-order valence-corrected chi connectivity index (χ3v) is 4.84. The molecule has 0 aliphatic rings. The fourth-order valence-corrected chi connectivity index (χ4v) is 3.52. The number of aryl methyl sites for hydroxylation is 1. The summed E-state index contributed by atoms with van der Waals surface area (Å²) in [5, 5.41) is 4.10. The maximum Gasteiger partial charge on any atom is 0.330 e. The number of nitrogen functional groups attached to an aromatic ring is 1. The number of aromatic nitrogens is 4. The van der Waals surface area contributed by atoms with Crippen LogP contribution < -0.4 is 21.9 Å². The lowest BCUT2D eigenvalue weighted by atomic mass is 10.1. The molecule has 0 spiro atoms. The third-order valence-electron chi connectivity index (χ3n) is 4.84. The number of nitrogens with one attached hydrogen (secondary N) is 1. The average molecular weight is 427 g/mol. The number of rotatable bonds is 8. The Morgan fingerprint density at radius 3 is 2.52 bits per heavy atom. The molecule has 2 heterocycles. The van der Waals surface area contributed by atoms with Gasteiger partial charge in [-0.15, -0.1) is 0 Å². The van der Waals surface area contributed by atoms with Gasteiger partial charge in [-0.2, -0.15) is 4.98 Å². The Morgan fingerprint density at radius 2 is 1.87 bits per heavy atom. The summed E-state index contributed by atoms with van der Waals surface area (Å²) in [5.74, 6) is 1.40. The summed E-state index contributed by atoms with van der Waals surface area (Å²) in [4.78, 5) is 33.7. The summed E-state index contributed by atoms with van der Waals surface area (Å²) in [6.07, 6.45) is 0. The van der Waals surface area contributed by atoms with Crippen LogP contribution in [0.15, 0.2) is 38.4 Å². The fraction of sp³-hybridized carbons (Fsp3) is 0.455. The van der Waals surface area contributed by atoms with Crippen molar-refractivity contribution in [2.24, 2.45) is 11.8 Å². The lowest BCUT2D eigenvalue weighted by Gasteiger charge is -2.26. The second-order valence-corrected chi connectivity index (χ2v) is 8.60. The first-order valence-corrected chi connectivity index (χ1v) is 10.4. The van der Waals surface area contributed by atoms with Crippen molar-refractivity contribution in [3.63, 3.8) is 0 Å². The van der Waals surface area contributed by atoms with E-state index in [0.29, 0.717) is 24.8 Å². The molecule has 0 atom stereocenters. The van der Waals surface area contributed by atoms with Crippen LogP contribution in [0.2, 0.25) is 0 Å². The molecule has 0 radical (unpaired) electrons. The smallest absolute Gasteiger partial charge is 0.330 e. The van der Waals surface area contributed by atoms with Gasteiger partial charge in [0.1, 0.15) is 11.5 Å². The lowest BCUT2D eigenvalue weighted by molar-refractivity contribution is 0.374. The summed E-state index contributed by atoms with van der Waals surface area (Å²) in [7, 11) is 0. The monoisotopic (exact) mass is 426 g/mol. The Kier molecular flexibility index (Phi) is 6.62. The Bertz CT molecular complexity index is 1160. The highest BCUT2D eigenvalue weighted by Crippen LogP contribution is 2.23. The van der Waals surface area contributed by atoms with E-state index < -0.39 is 11.2 Å². The normalized spacial score (nSPS) is 11.5. The minimum absolute atomic E-state index is 0.141. The minimum Gasteiger partial charge on any atom is -0.383 e. The molecule has 166 valence electrons. The molecule has 0 unspecified atom stereocenters. The van der Waals surface area contributed by atoms with Gasteiger partial charge in [0.15, 0.2) is 0 Å². The third kappa shape index (κ3) is 5.04. The highest BCUT2D eigenvalue weighted by Gasteiger charge is 2.23. The summed E-state index contributed by atoms with van der Waals surface area (Å²) in [6.45, 7) is 11.1. The molecule has 3 rings (SSSR count). The molecule has 0 saturated carbocycles. The van der Waals surface area contributed by atoms with Crippen molar-refractivity contribution in [1.82, 2.24) is 19.7 Å². The van der Waals surface area contributed by atoms with Crippen LogP contribution in [0.3, 0.4) is 0 Å². The molecule has 0 fully saturated rings. The second kappa shape index (κ2) is 9.20. The van der Waals surface area contributed by atoms with E-state index in [1.165, 1.54) is 4.57 Å². The number of aromatic amines is 1. The van der Waals surface area contributed by atoms with Gasteiger partial charge in [0.2, 0.25) is 11.7 Å². The molecule has 9 heteroatoms. The van der Waals surface area contributed by atoms with E-state index in [-0.39, 0.29) is 29.9 Å². The highest BCUT2D eigenvalue weighted by atomic mass is 16.5. The van der Waals surface area contributed by atoms with E-state index in [1.54, 1.807) is 4.90 Å². The van der Waals surface area contributed by atoms with Crippen LogP contribution in [0.25, 0.3) is 11.4 Å². The molecular weight excluding hydrogens is 396 g/mol. The van der Waals surface area contributed by atoms with Gasteiger partial charge < -0.3 is 15.2 Å². The number of anilines is 2. The molecule has 9 nitrogen and oxygen atoms in total. The molecule has 3 N–H and O–H groups in total. The Hall–Kier alpha value is -3.36. The number of nitrogens with two attached hydrogens (primary N) is 1. The van der Waals surface area contributed by atoms with Gasteiger partial charge in [-0.1, -0.05) is 57.1 Å². The molecule has 0 amide bonds. The SMILES string of the molecule is Cc1ccccc1-c1noc(CN(CC(C)C)c2c(N)n(CC(C)C)c(=O)[nH]c2=O)n1. The van der Waals surface area contributed by atoms with E-state index in [4.69, 9.17) is 10.3 Å². The van der Waals surface area contributed by atoms with E-state index in [9.17, 15) is 9.59 Å². The number of nitrogens with zero attached hydrogens (tertiary/aromatic N) is 4. The lowest BCUT2D eigenvalue weighted by Crippen LogP contribution is -2.40. The van der Waals surface area contributed by atoms with Crippen molar-refractivity contribution in [3.8, 4) is 11.4 Å². The summed E-state index contributed by atoms with van der Waals surface area (Å²) in [6, 6.07) is 7.78. The molecular formula is C22H30N6O3. The van der Waals surface area contributed by atoms with Crippen LogP contribution in [-0.4, -0.2) is 26.2 Å². The number of hydrogen-bond donors (Lipinski definition) is 2. The molecule has 0 bridgehead atoms. The number of benzene rings is 1. The summed E-state index contributed by atoms with van der Waals surface area (Å²) >= 11 is 0. The molecule has 31 heavy (non-hydrogen) atoms.